The van der Waals surface area contributed by atoms with Gasteiger partial charge in [0.15, 0.2) is 0 Å². The molecule has 1 aliphatic rings. The number of nitrogens with zero attached hydrogens (tertiary/aromatic N) is 3. The Labute approximate surface area is 101 Å². The lowest BCUT2D eigenvalue weighted by Crippen LogP contribution is -2.17. The second-order valence-electron chi connectivity index (χ2n) is 4.75. The van der Waals surface area contributed by atoms with E-state index in [4.69, 9.17) is 11.6 Å². The van der Waals surface area contributed by atoms with Gasteiger partial charge in [0, 0.05) is 12.6 Å². The van der Waals surface area contributed by atoms with E-state index in [0.29, 0.717) is 5.15 Å². The average Bonchev–Trinajstić information content (AvgIpc) is 2.81. The molecule has 1 fully saturated rings. The van der Waals surface area contributed by atoms with Crippen molar-refractivity contribution in [2.45, 2.75) is 39.0 Å². The molecular weight excluding hydrogens is 222 g/mol. The van der Waals surface area contributed by atoms with Gasteiger partial charge in [0.25, 0.3) is 0 Å². The molecule has 0 bridgehead atoms. The fourth-order valence-electron chi connectivity index (χ4n) is 2.59. The molecular formula is C12H16ClN3. The van der Waals surface area contributed by atoms with Crippen molar-refractivity contribution in [3.63, 3.8) is 0 Å². The van der Waals surface area contributed by atoms with Crippen LogP contribution in [0.15, 0.2) is 0 Å². The zero-order valence-electron chi connectivity index (χ0n) is 9.76. The summed E-state index contributed by atoms with van der Waals surface area (Å²) in [7, 11) is 1.84. The number of aryl methyl sites for hydroxylation is 2. The standard InChI is InChI=1S/C12H16ClN3/c1-9-10(11(13)16(2)15-9)7-12(8-14)5-3-4-6-12/h3-7H2,1-2H3. The minimum absolute atomic E-state index is 0.197. The van der Waals surface area contributed by atoms with Gasteiger partial charge in [-0.3, -0.25) is 4.68 Å². The molecule has 0 unspecified atom stereocenters. The number of hydrogen-bond acceptors (Lipinski definition) is 2. The number of rotatable bonds is 2. The second kappa shape index (κ2) is 4.10. The molecule has 0 aromatic carbocycles. The van der Waals surface area contributed by atoms with Gasteiger partial charge in [-0.2, -0.15) is 10.4 Å². The molecule has 1 aromatic rings. The highest BCUT2D eigenvalue weighted by Gasteiger charge is 2.35. The molecule has 0 N–H and O–H groups in total. The van der Waals surface area contributed by atoms with Gasteiger partial charge in [-0.1, -0.05) is 24.4 Å². The fraction of sp³-hybridized carbons (Fsp3) is 0.667. The maximum absolute atomic E-state index is 9.35. The van der Waals surface area contributed by atoms with Crippen LogP contribution in [0.5, 0.6) is 0 Å². The number of hydrogen-bond donors (Lipinski definition) is 0. The van der Waals surface area contributed by atoms with E-state index >= 15 is 0 Å². The predicted molar refractivity (Wildman–Crippen MR) is 63.2 cm³/mol. The van der Waals surface area contributed by atoms with Gasteiger partial charge in [0.1, 0.15) is 5.15 Å². The van der Waals surface area contributed by atoms with Crippen LogP contribution in [0.2, 0.25) is 5.15 Å². The third-order valence-electron chi connectivity index (χ3n) is 3.58. The fourth-order valence-corrected chi connectivity index (χ4v) is 2.83. The number of nitriles is 1. The van der Waals surface area contributed by atoms with E-state index in [1.54, 1.807) is 4.68 Å². The molecule has 0 aliphatic heterocycles. The van der Waals surface area contributed by atoms with Crippen molar-refractivity contribution in [2.75, 3.05) is 0 Å². The third-order valence-corrected chi connectivity index (χ3v) is 4.06. The lowest BCUT2D eigenvalue weighted by atomic mass is 9.82. The van der Waals surface area contributed by atoms with Gasteiger partial charge in [-0.25, -0.2) is 0 Å². The lowest BCUT2D eigenvalue weighted by Gasteiger charge is -2.19. The lowest BCUT2D eigenvalue weighted by molar-refractivity contribution is 0.407. The first-order valence-corrected chi connectivity index (χ1v) is 6.05. The molecule has 1 aromatic heterocycles. The summed E-state index contributed by atoms with van der Waals surface area (Å²) in [6.45, 7) is 1.96. The Hall–Kier alpha value is -1.01. The molecule has 0 atom stereocenters. The molecule has 4 heteroatoms. The average molecular weight is 238 g/mol. The topological polar surface area (TPSA) is 41.6 Å². The van der Waals surface area contributed by atoms with Crippen molar-refractivity contribution in [1.82, 2.24) is 9.78 Å². The van der Waals surface area contributed by atoms with Crippen LogP contribution in [-0.2, 0) is 13.5 Å². The highest BCUT2D eigenvalue weighted by Crippen LogP contribution is 2.41. The van der Waals surface area contributed by atoms with Crippen LogP contribution in [0.3, 0.4) is 0 Å². The Bertz CT molecular complexity index is 436. The van der Waals surface area contributed by atoms with Crippen LogP contribution >= 0.6 is 11.6 Å². The van der Waals surface area contributed by atoms with Gasteiger partial charge in [-0.15, -0.1) is 0 Å². The summed E-state index contributed by atoms with van der Waals surface area (Å²) in [5.41, 5.74) is 1.80. The van der Waals surface area contributed by atoms with E-state index in [0.717, 1.165) is 43.4 Å². The van der Waals surface area contributed by atoms with Crippen LogP contribution < -0.4 is 0 Å². The molecule has 3 nitrogen and oxygen atoms in total. The van der Waals surface area contributed by atoms with E-state index in [1.807, 2.05) is 14.0 Å². The van der Waals surface area contributed by atoms with Gasteiger partial charge < -0.3 is 0 Å². The smallest absolute Gasteiger partial charge is 0.130 e. The summed E-state index contributed by atoms with van der Waals surface area (Å²) in [4.78, 5) is 0. The molecule has 0 amide bonds. The number of aromatic nitrogens is 2. The zero-order valence-corrected chi connectivity index (χ0v) is 10.5. The minimum Gasteiger partial charge on any atom is -0.257 e. The van der Waals surface area contributed by atoms with E-state index in [2.05, 4.69) is 11.2 Å². The van der Waals surface area contributed by atoms with Gasteiger partial charge in [0.05, 0.1) is 17.2 Å². The predicted octanol–water partition coefficient (Wildman–Crippen LogP) is 3.01. The first kappa shape index (κ1) is 11.5. The summed E-state index contributed by atoms with van der Waals surface area (Å²) in [6.07, 6.45) is 5.05. The minimum atomic E-state index is -0.197. The van der Waals surface area contributed by atoms with Gasteiger partial charge in [-0.05, 0) is 26.2 Å². The zero-order chi connectivity index (χ0) is 11.8. The van der Waals surface area contributed by atoms with Crippen molar-refractivity contribution in [2.24, 2.45) is 12.5 Å². The van der Waals surface area contributed by atoms with Crippen molar-refractivity contribution in [3.05, 3.63) is 16.4 Å². The highest BCUT2D eigenvalue weighted by molar-refractivity contribution is 6.30. The Morgan fingerprint density at radius 1 is 1.50 bits per heavy atom. The summed E-state index contributed by atoms with van der Waals surface area (Å²) in [6, 6.07) is 2.49. The van der Waals surface area contributed by atoms with Crippen molar-refractivity contribution < 1.29 is 0 Å². The van der Waals surface area contributed by atoms with Crippen LogP contribution in [0, 0.1) is 23.7 Å². The molecule has 0 radical (unpaired) electrons. The molecule has 1 saturated carbocycles. The van der Waals surface area contributed by atoms with Gasteiger partial charge >= 0.3 is 0 Å². The van der Waals surface area contributed by atoms with E-state index in [9.17, 15) is 5.26 Å². The van der Waals surface area contributed by atoms with E-state index in [1.165, 1.54) is 0 Å². The highest BCUT2D eigenvalue weighted by atomic mass is 35.5. The van der Waals surface area contributed by atoms with Crippen molar-refractivity contribution in [3.8, 4) is 6.07 Å². The SMILES string of the molecule is Cc1nn(C)c(Cl)c1CC1(C#N)CCCC1. The van der Waals surface area contributed by atoms with Crippen LogP contribution in [0.4, 0.5) is 0 Å². The Morgan fingerprint density at radius 3 is 2.56 bits per heavy atom. The summed E-state index contributed by atoms with van der Waals surface area (Å²) in [5, 5.41) is 14.3. The molecule has 0 saturated heterocycles. The second-order valence-corrected chi connectivity index (χ2v) is 5.11. The summed E-state index contributed by atoms with van der Waals surface area (Å²) >= 11 is 6.20. The molecule has 16 heavy (non-hydrogen) atoms. The Balaban J connectivity index is 2.30. The maximum atomic E-state index is 9.35. The first-order valence-electron chi connectivity index (χ1n) is 5.67. The van der Waals surface area contributed by atoms with Gasteiger partial charge in [0.2, 0.25) is 0 Å². The summed E-state index contributed by atoms with van der Waals surface area (Å²) < 4.78 is 1.69. The van der Waals surface area contributed by atoms with Crippen LogP contribution in [-0.4, -0.2) is 9.78 Å². The first-order chi connectivity index (χ1) is 7.58. The van der Waals surface area contributed by atoms with Crippen LogP contribution in [0.1, 0.15) is 36.9 Å². The monoisotopic (exact) mass is 237 g/mol. The van der Waals surface area contributed by atoms with E-state index in [-0.39, 0.29) is 5.41 Å². The Morgan fingerprint density at radius 2 is 2.12 bits per heavy atom. The maximum Gasteiger partial charge on any atom is 0.130 e. The van der Waals surface area contributed by atoms with Crippen molar-refractivity contribution >= 4 is 11.6 Å². The third kappa shape index (κ3) is 1.82. The summed E-state index contributed by atoms with van der Waals surface area (Å²) in [5.74, 6) is 0. The largest absolute Gasteiger partial charge is 0.257 e. The molecule has 0 spiro atoms. The normalized spacial score (nSPS) is 18.6. The molecule has 1 heterocycles. The quantitative estimate of drug-likeness (QED) is 0.794. The molecule has 2 rings (SSSR count). The molecule has 86 valence electrons. The van der Waals surface area contributed by atoms with E-state index < -0.39 is 0 Å². The Kier molecular flexibility index (Phi) is 2.94. The molecule has 1 aliphatic carbocycles. The van der Waals surface area contributed by atoms with Crippen molar-refractivity contribution in [1.29, 1.82) is 5.26 Å². The number of halogens is 1. The van der Waals surface area contributed by atoms with Crippen LogP contribution in [0.25, 0.3) is 0 Å².